The van der Waals surface area contributed by atoms with Crippen LogP contribution in [-0.2, 0) is 6.42 Å². The number of aromatic nitrogens is 2. The number of carbonyl (C=O) groups is 1. The zero-order valence-electron chi connectivity index (χ0n) is 22.2. The van der Waals surface area contributed by atoms with Crippen molar-refractivity contribution in [1.82, 2.24) is 14.9 Å². The zero-order valence-corrected chi connectivity index (χ0v) is 22.2. The topological polar surface area (TPSA) is 120 Å². The predicted molar refractivity (Wildman–Crippen MR) is 145 cm³/mol. The van der Waals surface area contributed by atoms with E-state index in [4.69, 9.17) is 10.7 Å². The number of nitrogens with two attached hydrogens (primary N) is 1. The number of amides is 1. The van der Waals surface area contributed by atoms with Gasteiger partial charge < -0.3 is 26.4 Å². The summed E-state index contributed by atoms with van der Waals surface area (Å²) in [6, 6.07) is 7.37. The number of nitrogens with one attached hydrogen (secondary N) is 2. The smallest absolute Gasteiger partial charge is 0.271 e. The molecule has 9 nitrogen and oxygen atoms in total. The summed E-state index contributed by atoms with van der Waals surface area (Å²) >= 11 is 0. The Bertz CT molecular complexity index is 1080. The zero-order chi connectivity index (χ0) is 26.0. The van der Waals surface area contributed by atoms with Crippen LogP contribution in [0, 0.1) is 6.92 Å². The number of nitrogens with zero attached hydrogens (tertiary/aromatic N) is 4. The van der Waals surface area contributed by atoms with Gasteiger partial charge in [0.05, 0.1) is 11.8 Å². The van der Waals surface area contributed by atoms with Gasteiger partial charge in [-0.15, -0.1) is 0 Å². The van der Waals surface area contributed by atoms with Gasteiger partial charge in [-0.2, -0.15) is 0 Å². The minimum Gasteiger partial charge on any atom is -0.393 e. The maximum Gasteiger partial charge on any atom is 0.271 e. The van der Waals surface area contributed by atoms with Gasteiger partial charge in [-0.05, 0) is 83.7 Å². The molecule has 1 saturated carbocycles. The molecule has 1 aliphatic heterocycles. The highest BCUT2D eigenvalue weighted by molar-refractivity contribution is 5.96. The highest BCUT2D eigenvalue weighted by atomic mass is 16.3. The third kappa shape index (κ3) is 5.73. The Balaban J connectivity index is 1.59. The predicted octanol–water partition coefficient (Wildman–Crippen LogP) is 3.43. The molecule has 0 unspecified atom stereocenters. The first kappa shape index (κ1) is 26.2. The molecule has 1 amide bonds. The van der Waals surface area contributed by atoms with E-state index in [-0.39, 0.29) is 17.8 Å². The number of rotatable bonds is 7. The van der Waals surface area contributed by atoms with E-state index in [1.54, 1.807) is 0 Å². The molecule has 0 spiro atoms. The van der Waals surface area contributed by atoms with Crippen LogP contribution in [0.2, 0.25) is 0 Å². The van der Waals surface area contributed by atoms with Crippen molar-refractivity contribution < 1.29 is 9.90 Å². The van der Waals surface area contributed by atoms with Gasteiger partial charge in [0.1, 0.15) is 5.82 Å². The molecule has 9 heteroatoms. The van der Waals surface area contributed by atoms with E-state index in [0.717, 1.165) is 50.0 Å². The second-order valence-electron chi connectivity index (χ2n) is 10.5. The minimum atomic E-state index is -0.611. The molecule has 2 heterocycles. The van der Waals surface area contributed by atoms with Crippen LogP contribution in [0.25, 0.3) is 0 Å². The van der Waals surface area contributed by atoms with Crippen LogP contribution in [0.1, 0.15) is 68.2 Å². The van der Waals surface area contributed by atoms with Crippen LogP contribution in [0.4, 0.5) is 23.0 Å². The maximum absolute atomic E-state index is 12.3. The van der Waals surface area contributed by atoms with Crippen molar-refractivity contribution in [2.75, 3.05) is 35.7 Å². The maximum atomic E-state index is 12.3. The molecular formula is C27H41N7O2. The lowest BCUT2D eigenvalue weighted by atomic mass is 9.93. The summed E-state index contributed by atoms with van der Waals surface area (Å²) in [4.78, 5) is 26.5. The standard InChI is InChI=1S/C27H41N7O2/c1-6-22-26(29-19-7-10-21(35)11-8-19)32-27(24(31-22)25(28)36)30-20-9-12-23(16(2)13-20)34-15-17(3)33(5)14-18(34)4/h9,12-13,17-19,21,35H,6-8,10-11,14-15H2,1-5H3,(H2,28,36)(H2,29,30,32)/t17-,18+,19?,21?/m0/s1. The molecule has 1 saturated heterocycles. The summed E-state index contributed by atoms with van der Waals surface area (Å²) in [6.45, 7) is 10.6. The van der Waals surface area contributed by atoms with Gasteiger partial charge in [-0.3, -0.25) is 9.69 Å². The van der Waals surface area contributed by atoms with E-state index in [0.29, 0.717) is 35.8 Å². The van der Waals surface area contributed by atoms with Gasteiger partial charge >= 0.3 is 0 Å². The lowest BCUT2D eigenvalue weighted by molar-refractivity contribution is 0.0996. The van der Waals surface area contributed by atoms with Crippen LogP contribution >= 0.6 is 0 Å². The van der Waals surface area contributed by atoms with Crippen LogP contribution in [0.3, 0.4) is 0 Å². The number of aliphatic hydroxyl groups excluding tert-OH is 1. The third-order valence-electron chi connectivity index (χ3n) is 7.64. The normalized spacial score (nSPS) is 25.0. The fourth-order valence-electron chi connectivity index (χ4n) is 5.33. The van der Waals surface area contributed by atoms with Gasteiger partial charge in [0.15, 0.2) is 11.5 Å². The summed E-state index contributed by atoms with van der Waals surface area (Å²) in [6.07, 6.45) is 3.69. The Labute approximate surface area is 214 Å². The van der Waals surface area contributed by atoms with Gasteiger partial charge in [0.25, 0.3) is 5.91 Å². The fourth-order valence-corrected chi connectivity index (χ4v) is 5.33. The number of aryl methyl sites for hydroxylation is 2. The molecule has 2 fully saturated rings. The highest BCUT2D eigenvalue weighted by Gasteiger charge is 2.28. The van der Waals surface area contributed by atoms with E-state index in [1.807, 2.05) is 13.0 Å². The van der Waals surface area contributed by atoms with Crippen molar-refractivity contribution in [2.45, 2.75) is 84.0 Å². The third-order valence-corrected chi connectivity index (χ3v) is 7.64. The summed E-state index contributed by atoms with van der Waals surface area (Å²) < 4.78 is 0. The Hall–Kier alpha value is -2.91. The van der Waals surface area contributed by atoms with Gasteiger partial charge in [-0.1, -0.05) is 6.92 Å². The van der Waals surface area contributed by atoms with Crippen LogP contribution in [-0.4, -0.2) is 70.2 Å². The van der Waals surface area contributed by atoms with E-state index < -0.39 is 5.91 Å². The molecule has 36 heavy (non-hydrogen) atoms. The summed E-state index contributed by atoms with van der Waals surface area (Å²) in [7, 11) is 2.18. The van der Waals surface area contributed by atoms with Gasteiger partial charge in [-0.25, -0.2) is 9.97 Å². The average Bonchev–Trinajstić information content (AvgIpc) is 2.83. The SMILES string of the molecule is CCc1nc(C(N)=O)c(Nc2ccc(N3C[C@H](C)N(C)C[C@H]3C)c(C)c2)nc1NC1CCC(O)CC1. The Morgan fingerprint density at radius 3 is 2.47 bits per heavy atom. The van der Waals surface area contributed by atoms with E-state index in [2.05, 4.69) is 65.4 Å². The van der Waals surface area contributed by atoms with Crippen molar-refractivity contribution in [3.8, 4) is 0 Å². The average molecular weight is 496 g/mol. The number of anilines is 4. The first-order chi connectivity index (χ1) is 17.2. The molecule has 2 atom stereocenters. The fraction of sp³-hybridized carbons (Fsp3) is 0.593. The molecule has 1 aromatic carbocycles. The Kier molecular flexibility index (Phi) is 8.00. The Morgan fingerprint density at radius 1 is 1.11 bits per heavy atom. The number of piperazine rings is 1. The molecular weight excluding hydrogens is 454 g/mol. The molecule has 2 aliphatic rings. The van der Waals surface area contributed by atoms with Crippen LogP contribution < -0.4 is 21.3 Å². The number of benzene rings is 1. The number of aliphatic hydroxyl groups is 1. The summed E-state index contributed by atoms with van der Waals surface area (Å²) in [5, 5.41) is 16.6. The number of carbonyl (C=O) groups excluding carboxylic acids is 1. The summed E-state index contributed by atoms with van der Waals surface area (Å²) in [5.41, 5.74) is 9.75. The lowest BCUT2D eigenvalue weighted by Crippen LogP contribution is -2.55. The minimum absolute atomic E-state index is 0.139. The number of hydrogen-bond donors (Lipinski definition) is 4. The quantitative estimate of drug-likeness (QED) is 0.461. The van der Waals surface area contributed by atoms with Crippen LogP contribution in [0.15, 0.2) is 18.2 Å². The van der Waals surface area contributed by atoms with Crippen molar-refractivity contribution in [2.24, 2.45) is 5.73 Å². The van der Waals surface area contributed by atoms with Crippen molar-refractivity contribution in [3.05, 3.63) is 35.2 Å². The number of likely N-dealkylation sites (N-methyl/N-ethyl adjacent to an activating group) is 1. The number of hydrogen-bond acceptors (Lipinski definition) is 8. The molecule has 1 aliphatic carbocycles. The molecule has 196 valence electrons. The van der Waals surface area contributed by atoms with E-state index >= 15 is 0 Å². The van der Waals surface area contributed by atoms with Crippen molar-refractivity contribution in [3.63, 3.8) is 0 Å². The largest absolute Gasteiger partial charge is 0.393 e. The first-order valence-electron chi connectivity index (χ1n) is 13.2. The molecule has 0 bridgehead atoms. The first-order valence-corrected chi connectivity index (χ1v) is 13.2. The molecule has 1 aromatic heterocycles. The summed E-state index contributed by atoms with van der Waals surface area (Å²) in [5.74, 6) is 0.410. The molecule has 5 N–H and O–H groups in total. The van der Waals surface area contributed by atoms with E-state index in [9.17, 15) is 9.90 Å². The van der Waals surface area contributed by atoms with Gasteiger partial charge in [0.2, 0.25) is 0 Å². The highest BCUT2D eigenvalue weighted by Crippen LogP contribution is 2.31. The number of primary amides is 1. The molecule has 2 aromatic rings. The van der Waals surface area contributed by atoms with Crippen LogP contribution in [0.5, 0.6) is 0 Å². The molecule has 0 radical (unpaired) electrons. The second-order valence-corrected chi connectivity index (χ2v) is 10.5. The van der Waals surface area contributed by atoms with Crippen molar-refractivity contribution >= 4 is 28.9 Å². The van der Waals surface area contributed by atoms with Gasteiger partial charge in [0, 0.05) is 42.6 Å². The van der Waals surface area contributed by atoms with Crippen molar-refractivity contribution in [1.29, 1.82) is 0 Å². The lowest BCUT2D eigenvalue weighted by Gasteiger charge is -2.44. The monoisotopic (exact) mass is 495 g/mol. The molecule has 4 rings (SSSR count). The second kappa shape index (κ2) is 11.0. The van der Waals surface area contributed by atoms with E-state index in [1.165, 1.54) is 5.69 Å². The Morgan fingerprint density at radius 2 is 1.83 bits per heavy atom.